The third-order valence-corrected chi connectivity index (χ3v) is 6.02. The lowest BCUT2D eigenvalue weighted by Crippen LogP contribution is -2.20. The zero-order chi connectivity index (χ0) is 24.5. The van der Waals surface area contributed by atoms with Crippen molar-refractivity contribution in [2.24, 2.45) is 5.10 Å². The fourth-order valence-electron chi connectivity index (χ4n) is 2.76. The minimum absolute atomic E-state index is 0.00503. The zero-order valence-electron chi connectivity index (χ0n) is 17.7. The van der Waals surface area contributed by atoms with Crippen molar-refractivity contribution in [2.75, 3.05) is 5.32 Å². The number of benzene rings is 3. The predicted molar refractivity (Wildman–Crippen MR) is 140 cm³/mol. The molecule has 0 atom stereocenters. The van der Waals surface area contributed by atoms with E-state index < -0.39 is 0 Å². The standard InChI is InChI=1S/C24H19BrCl3N3O3/c25-19-10-15(5-7-22(19)34-14-16-4-6-20(27)21(28)11-16)13-29-31-24(33)9-8-23(32)30-18-3-1-2-17(26)12-18/h1-7,10-13H,8-9,14H2,(H,30,32)(H,31,33). The van der Waals surface area contributed by atoms with Crippen molar-refractivity contribution < 1.29 is 14.3 Å². The molecule has 0 radical (unpaired) electrons. The molecule has 0 heterocycles. The van der Waals surface area contributed by atoms with Crippen LogP contribution in [0, 0.1) is 0 Å². The first kappa shape index (κ1) is 26.0. The molecule has 3 aromatic carbocycles. The molecule has 0 aliphatic rings. The Morgan fingerprint density at radius 3 is 2.47 bits per heavy atom. The van der Waals surface area contributed by atoms with Gasteiger partial charge < -0.3 is 10.1 Å². The van der Waals surface area contributed by atoms with Gasteiger partial charge in [-0.2, -0.15) is 5.10 Å². The Labute approximate surface area is 220 Å². The Morgan fingerprint density at radius 2 is 1.74 bits per heavy atom. The molecular weight excluding hydrogens is 565 g/mol. The largest absolute Gasteiger partial charge is 0.488 e. The third-order valence-electron chi connectivity index (χ3n) is 4.42. The number of amides is 2. The molecule has 0 unspecified atom stereocenters. The van der Waals surface area contributed by atoms with Gasteiger partial charge in [0, 0.05) is 23.6 Å². The van der Waals surface area contributed by atoms with E-state index in [0.717, 1.165) is 15.6 Å². The van der Waals surface area contributed by atoms with Crippen molar-refractivity contribution in [2.45, 2.75) is 19.4 Å². The van der Waals surface area contributed by atoms with Crippen molar-refractivity contribution in [3.8, 4) is 5.75 Å². The summed E-state index contributed by atoms with van der Waals surface area (Å²) in [6, 6.07) is 17.5. The normalized spacial score (nSPS) is 10.8. The van der Waals surface area contributed by atoms with E-state index in [2.05, 4.69) is 31.8 Å². The van der Waals surface area contributed by atoms with Gasteiger partial charge in [0.2, 0.25) is 11.8 Å². The van der Waals surface area contributed by atoms with Gasteiger partial charge in [-0.1, -0.05) is 46.9 Å². The fourth-order valence-corrected chi connectivity index (χ4v) is 3.78. The Bertz CT molecular complexity index is 1220. The lowest BCUT2D eigenvalue weighted by molar-refractivity contribution is -0.124. The van der Waals surface area contributed by atoms with Gasteiger partial charge >= 0.3 is 0 Å². The molecule has 0 aromatic heterocycles. The first-order chi connectivity index (χ1) is 16.3. The summed E-state index contributed by atoms with van der Waals surface area (Å²) in [6.45, 7) is 0.323. The molecule has 0 aliphatic heterocycles. The lowest BCUT2D eigenvalue weighted by atomic mass is 10.2. The SMILES string of the molecule is O=C(CCC(=O)Nc1cccc(Cl)c1)NN=Cc1ccc(OCc2ccc(Cl)c(Cl)c2)c(Br)c1. The van der Waals surface area contributed by atoms with E-state index in [1.54, 1.807) is 54.6 Å². The first-order valence-corrected chi connectivity index (χ1v) is 12.0. The van der Waals surface area contributed by atoms with Gasteiger partial charge in [0.1, 0.15) is 12.4 Å². The molecule has 2 amide bonds. The van der Waals surface area contributed by atoms with E-state index in [-0.39, 0.29) is 24.7 Å². The van der Waals surface area contributed by atoms with E-state index in [4.69, 9.17) is 39.5 Å². The Balaban J connectivity index is 1.44. The minimum atomic E-state index is -0.377. The maximum Gasteiger partial charge on any atom is 0.240 e. The second-order valence-electron chi connectivity index (χ2n) is 7.08. The molecule has 10 heteroatoms. The molecule has 176 valence electrons. The number of carbonyl (C=O) groups excluding carboxylic acids is 2. The number of nitrogens with one attached hydrogen (secondary N) is 2. The van der Waals surface area contributed by atoms with Gasteiger partial charge in [-0.3, -0.25) is 9.59 Å². The molecule has 0 saturated carbocycles. The molecule has 3 aromatic rings. The van der Waals surface area contributed by atoms with E-state index in [1.807, 2.05) is 6.07 Å². The number of hydrogen-bond acceptors (Lipinski definition) is 4. The summed E-state index contributed by atoms with van der Waals surface area (Å²) < 4.78 is 6.53. The van der Waals surface area contributed by atoms with Crippen LogP contribution in [0.4, 0.5) is 5.69 Å². The van der Waals surface area contributed by atoms with Gasteiger partial charge in [-0.25, -0.2) is 5.43 Å². The van der Waals surface area contributed by atoms with Gasteiger partial charge in [-0.05, 0) is 75.6 Å². The van der Waals surface area contributed by atoms with E-state index in [9.17, 15) is 9.59 Å². The van der Waals surface area contributed by atoms with Crippen LogP contribution in [0.15, 0.2) is 70.2 Å². The molecule has 2 N–H and O–H groups in total. The number of ether oxygens (including phenoxy) is 1. The van der Waals surface area contributed by atoms with Crippen molar-refractivity contribution in [3.63, 3.8) is 0 Å². The second-order valence-corrected chi connectivity index (χ2v) is 9.18. The van der Waals surface area contributed by atoms with E-state index in [1.165, 1.54) is 6.21 Å². The van der Waals surface area contributed by atoms with Gasteiger partial charge in [0.15, 0.2) is 0 Å². The molecule has 0 bridgehead atoms. The van der Waals surface area contributed by atoms with Gasteiger partial charge in [0.25, 0.3) is 0 Å². The van der Waals surface area contributed by atoms with Crippen LogP contribution in [-0.2, 0) is 16.2 Å². The first-order valence-electron chi connectivity index (χ1n) is 10.0. The molecule has 0 fully saturated rings. The average Bonchev–Trinajstić information content (AvgIpc) is 2.79. The molecule has 34 heavy (non-hydrogen) atoms. The average molecular weight is 584 g/mol. The van der Waals surface area contributed by atoms with Crippen LogP contribution in [-0.4, -0.2) is 18.0 Å². The number of carbonyl (C=O) groups is 2. The Kier molecular flexibility index (Phi) is 9.77. The van der Waals surface area contributed by atoms with Crippen LogP contribution in [0.5, 0.6) is 5.75 Å². The topological polar surface area (TPSA) is 79.8 Å². The van der Waals surface area contributed by atoms with Crippen LogP contribution in [0.1, 0.15) is 24.0 Å². The minimum Gasteiger partial charge on any atom is -0.488 e. The summed E-state index contributed by atoms with van der Waals surface area (Å²) in [7, 11) is 0. The zero-order valence-corrected chi connectivity index (χ0v) is 21.5. The number of anilines is 1. The Hall–Kier alpha value is -2.58. The molecular formula is C24H19BrCl3N3O3. The second kappa shape index (κ2) is 12.8. The Morgan fingerprint density at radius 1 is 0.941 bits per heavy atom. The van der Waals surface area contributed by atoms with Gasteiger partial charge in [0.05, 0.1) is 20.7 Å². The van der Waals surface area contributed by atoms with Crippen LogP contribution >= 0.6 is 50.7 Å². The summed E-state index contributed by atoms with van der Waals surface area (Å²) in [5.74, 6) is -0.0297. The highest BCUT2D eigenvalue weighted by Crippen LogP contribution is 2.28. The van der Waals surface area contributed by atoms with E-state index >= 15 is 0 Å². The van der Waals surface area contributed by atoms with E-state index in [0.29, 0.717) is 33.1 Å². The number of halogens is 4. The fraction of sp³-hybridized carbons (Fsp3) is 0.125. The molecule has 0 aliphatic carbocycles. The summed E-state index contributed by atoms with van der Waals surface area (Å²) in [5, 5.41) is 8.10. The van der Waals surface area contributed by atoms with Crippen molar-refractivity contribution in [3.05, 3.63) is 91.3 Å². The third kappa shape index (κ3) is 8.33. The van der Waals surface area contributed by atoms with Crippen LogP contribution in [0.2, 0.25) is 15.1 Å². The quantitative estimate of drug-likeness (QED) is 0.213. The smallest absolute Gasteiger partial charge is 0.240 e. The highest BCUT2D eigenvalue weighted by atomic mass is 79.9. The van der Waals surface area contributed by atoms with Crippen molar-refractivity contribution in [1.82, 2.24) is 5.43 Å². The molecule has 3 rings (SSSR count). The summed E-state index contributed by atoms with van der Waals surface area (Å²) in [5.41, 5.74) is 4.61. The lowest BCUT2D eigenvalue weighted by Gasteiger charge is -2.09. The van der Waals surface area contributed by atoms with Crippen LogP contribution in [0.25, 0.3) is 0 Å². The predicted octanol–water partition coefficient (Wildman–Crippen LogP) is 6.86. The van der Waals surface area contributed by atoms with Crippen LogP contribution in [0.3, 0.4) is 0 Å². The maximum absolute atomic E-state index is 12.0. The highest BCUT2D eigenvalue weighted by molar-refractivity contribution is 9.10. The highest BCUT2D eigenvalue weighted by Gasteiger charge is 2.08. The summed E-state index contributed by atoms with van der Waals surface area (Å²) in [4.78, 5) is 23.9. The van der Waals surface area contributed by atoms with Crippen molar-refractivity contribution in [1.29, 1.82) is 0 Å². The maximum atomic E-state index is 12.0. The number of hydrazone groups is 1. The molecule has 6 nitrogen and oxygen atoms in total. The number of hydrogen-bond donors (Lipinski definition) is 2. The molecule has 0 spiro atoms. The summed E-state index contributed by atoms with van der Waals surface area (Å²) in [6.07, 6.45) is 1.51. The number of nitrogens with zero attached hydrogens (tertiary/aromatic N) is 1. The number of rotatable bonds is 9. The monoisotopic (exact) mass is 581 g/mol. The van der Waals surface area contributed by atoms with Crippen molar-refractivity contribution >= 4 is 74.4 Å². The van der Waals surface area contributed by atoms with Crippen LogP contribution < -0.4 is 15.5 Å². The summed E-state index contributed by atoms with van der Waals surface area (Å²) >= 11 is 21.3. The molecule has 0 saturated heterocycles. The van der Waals surface area contributed by atoms with Gasteiger partial charge in [-0.15, -0.1) is 0 Å².